The second kappa shape index (κ2) is 10.1. The highest BCUT2D eigenvalue weighted by Crippen LogP contribution is 2.38. The van der Waals surface area contributed by atoms with Gasteiger partial charge in [0.15, 0.2) is 11.5 Å². The van der Waals surface area contributed by atoms with E-state index >= 15 is 0 Å². The lowest BCUT2D eigenvalue weighted by molar-refractivity contribution is -0.0157. The molecule has 3 rings (SSSR count). The predicted octanol–water partition coefficient (Wildman–Crippen LogP) is 3.82. The summed E-state index contributed by atoms with van der Waals surface area (Å²) in [6.45, 7) is 0.562. The molecule has 1 fully saturated rings. The number of hydrogen-bond acceptors (Lipinski definition) is 6. The summed E-state index contributed by atoms with van der Waals surface area (Å²) >= 11 is 5.93. The Morgan fingerprint density at radius 2 is 1.66 bits per heavy atom. The van der Waals surface area contributed by atoms with Crippen LogP contribution in [-0.4, -0.2) is 44.7 Å². The second-order valence-corrected chi connectivity index (χ2v) is 7.49. The van der Waals surface area contributed by atoms with Gasteiger partial charge in [-0.2, -0.15) is 0 Å². The Bertz CT molecular complexity index is 773. The van der Waals surface area contributed by atoms with Crippen molar-refractivity contribution in [1.82, 2.24) is 5.32 Å². The van der Waals surface area contributed by atoms with Gasteiger partial charge in [0.05, 0.1) is 21.3 Å². The number of halogens is 1. The number of aliphatic hydroxyl groups excluding tert-OH is 1. The minimum atomic E-state index is -0.610. The number of nitrogens with one attached hydrogen (secondary N) is 1. The average Bonchev–Trinajstić information content (AvgIpc) is 2.75. The molecule has 1 aliphatic rings. The van der Waals surface area contributed by atoms with Gasteiger partial charge in [0, 0.05) is 17.6 Å². The van der Waals surface area contributed by atoms with E-state index < -0.39 is 6.10 Å². The Labute approximate surface area is 176 Å². The minimum Gasteiger partial charge on any atom is -0.493 e. The van der Waals surface area contributed by atoms with E-state index in [-0.39, 0.29) is 12.1 Å². The number of aliphatic hydroxyl groups is 1. The molecule has 0 unspecified atom stereocenters. The quantitative estimate of drug-likeness (QED) is 0.675. The van der Waals surface area contributed by atoms with Crippen molar-refractivity contribution in [2.75, 3.05) is 21.3 Å². The van der Waals surface area contributed by atoms with Crippen molar-refractivity contribution in [3.05, 3.63) is 47.0 Å². The van der Waals surface area contributed by atoms with Crippen molar-refractivity contribution in [1.29, 1.82) is 0 Å². The van der Waals surface area contributed by atoms with Crippen LogP contribution in [0.4, 0.5) is 0 Å². The highest BCUT2D eigenvalue weighted by atomic mass is 35.5. The first-order valence-corrected chi connectivity index (χ1v) is 10.1. The molecule has 29 heavy (non-hydrogen) atoms. The highest BCUT2D eigenvalue weighted by Gasteiger charge is 2.33. The number of methoxy groups -OCH3 is 3. The highest BCUT2D eigenvalue weighted by molar-refractivity contribution is 6.30. The van der Waals surface area contributed by atoms with Crippen LogP contribution in [0.15, 0.2) is 36.4 Å². The summed E-state index contributed by atoms with van der Waals surface area (Å²) in [5.41, 5.74) is 0.979. The third-order valence-corrected chi connectivity index (χ3v) is 5.44. The van der Waals surface area contributed by atoms with Crippen LogP contribution in [0.3, 0.4) is 0 Å². The number of rotatable bonds is 8. The van der Waals surface area contributed by atoms with Crippen LogP contribution in [0.25, 0.3) is 0 Å². The largest absolute Gasteiger partial charge is 0.493 e. The van der Waals surface area contributed by atoms with E-state index in [4.69, 9.17) is 30.5 Å². The molecule has 2 aromatic rings. The maximum absolute atomic E-state index is 10.8. The standard InChI is InChI=1S/C22H28ClNO5/c1-26-19-11-14(12-20(27-2)22(19)28-3)13-24-17-5-4-6-18(21(17)25)29-16-9-7-15(23)8-10-16/h7-12,17-18,21,24-25H,4-6,13H2,1-3H3/t17-,18+,21+/m0/s1. The number of hydrogen-bond donors (Lipinski definition) is 2. The van der Waals surface area contributed by atoms with E-state index in [0.29, 0.717) is 34.6 Å². The van der Waals surface area contributed by atoms with E-state index in [9.17, 15) is 5.11 Å². The lowest BCUT2D eigenvalue weighted by Gasteiger charge is -2.35. The molecular formula is C22H28ClNO5. The minimum absolute atomic E-state index is 0.0693. The molecule has 2 N–H and O–H groups in total. The molecule has 2 aromatic carbocycles. The van der Waals surface area contributed by atoms with Gasteiger partial charge in [-0.25, -0.2) is 0 Å². The molecule has 158 valence electrons. The smallest absolute Gasteiger partial charge is 0.203 e. The zero-order valence-electron chi connectivity index (χ0n) is 17.0. The first-order chi connectivity index (χ1) is 14.0. The predicted molar refractivity (Wildman–Crippen MR) is 112 cm³/mol. The molecule has 0 amide bonds. The molecule has 0 bridgehead atoms. The fraction of sp³-hybridized carbons (Fsp3) is 0.455. The Hall–Kier alpha value is -2.15. The van der Waals surface area contributed by atoms with Crippen molar-refractivity contribution in [3.63, 3.8) is 0 Å². The van der Waals surface area contributed by atoms with Gasteiger partial charge < -0.3 is 29.4 Å². The summed E-state index contributed by atoms with van der Waals surface area (Å²) in [5.74, 6) is 2.49. The Morgan fingerprint density at radius 1 is 1.00 bits per heavy atom. The van der Waals surface area contributed by atoms with Crippen LogP contribution in [-0.2, 0) is 6.54 Å². The topological polar surface area (TPSA) is 69.2 Å². The third kappa shape index (κ3) is 5.26. The summed E-state index contributed by atoms with van der Waals surface area (Å²) in [6, 6.07) is 11.0. The van der Waals surface area contributed by atoms with E-state index in [1.54, 1.807) is 33.5 Å². The van der Waals surface area contributed by atoms with Gasteiger partial charge in [0.25, 0.3) is 0 Å². The molecule has 3 atom stereocenters. The van der Waals surface area contributed by atoms with Crippen molar-refractivity contribution < 1.29 is 24.1 Å². The average molecular weight is 422 g/mol. The van der Waals surface area contributed by atoms with Crippen LogP contribution in [0, 0.1) is 0 Å². The summed E-state index contributed by atoms with van der Waals surface area (Å²) < 4.78 is 22.2. The molecule has 0 radical (unpaired) electrons. The van der Waals surface area contributed by atoms with Crippen molar-refractivity contribution in [2.24, 2.45) is 0 Å². The maximum atomic E-state index is 10.8. The van der Waals surface area contributed by atoms with Gasteiger partial charge in [-0.1, -0.05) is 11.6 Å². The van der Waals surface area contributed by atoms with Crippen LogP contribution in [0.1, 0.15) is 24.8 Å². The molecule has 0 aliphatic heterocycles. The molecular weight excluding hydrogens is 394 g/mol. The van der Waals surface area contributed by atoms with Crippen LogP contribution < -0.4 is 24.3 Å². The Morgan fingerprint density at radius 3 is 2.24 bits per heavy atom. The van der Waals surface area contributed by atoms with E-state index in [2.05, 4.69) is 5.32 Å². The molecule has 0 aromatic heterocycles. The molecule has 6 nitrogen and oxygen atoms in total. The van der Waals surface area contributed by atoms with Gasteiger partial charge in [-0.15, -0.1) is 0 Å². The molecule has 0 saturated heterocycles. The summed E-state index contributed by atoms with van der Waals surface area (Å²) in [7, 11) is 4.77. The lowest BCUT2D eigenvalue weighted by atomic mass is 9.89. The Kier molecular flexibility index (Phi) is 7.47. The van der Waals surface area contributed by atoms with E-state index in [1.807, 2.05) is 24.3 Å². The van der Waals surface area contributed by atoms with Crippen molar-refractivity contribution in [3.8, 4) is 23.0 Å². The Balaban J connectivity index is 1.64. The first kappa shape index (κ1) is 21.6. The van der Waals surface area contributed by atoms with Crippen molar-refractivity contribution in [2.45, 2.75) is 44.1 Å². The van der Waals surface area contributed by atoms with Crippen LogP contribution in [0.5, 0.6) is 23.0 Å². The van der Waals surface area contributed by atoms with Crippen LogP contribution in [0.2, 0.25) is 5.02 Å². The third-order valence-electron chi connectivity index (χ3n) is 5.19. The first-order valence-electron chi connectivity index (χ1n) is 9.68. The van der Waals surface area contributed by atoms with Gasteiger partial charge in [-0.3, -0.25) is 0 Å². The van der Waals surface area contributed by atoms with Crippen molar-refractivity contribution >= 4 is 11.6 Å². The van der Waals surface area contributed by atoms with Gasteiger partial charge >= 0.3 is 0 Å². The lowest BCUT2D eigenvalue weighted by Crippen LogP contribution is -2.50. The second-order valence-electron chi connectivity index (χ2n) is 7.05. The van der Waals surface area contributed by atoms with E-state index in [1.165, 1.54) is 0 Å². The zero-order valence-corrected chi connectivity index (χ0v) is 17.7. The SMILES string of the molecule is COc1cc(CN[C@H]2CCC[C@@H](Oc3ccc(Cl)cc3)[C@@H]2O)cc(OC)c1OC. The molecule has 7 heteroatoms. The molecule has 1 aliphatic carbocycles. The summed E-state index contributed by atoms with van der Waals surface area (Å²) in [6.07, 6.45) is 1.80. The van der Waals surface area contributed by atoms with E-state index in [0.717, 1.165) is 24.8 Å². The maximum Gasteiger partial charge on any atom is 0.203 e. The van der Waals surface area contributed by atoms with Gasteiger partial charge in [-0.05, 0) is 61.2 Å². The molecule has 1 saturated carbocycles. The molecule has 0 heterocycles. The number of ether oxygens (including phenoxy) is 4. The van der Waals surface area contributed by atoms with Gasteiger partial charge in [0.2, 0.25) is 5.75 Å². The fourth-order valence-corrected chi connectivity index (χ4v) is 3.79. The zero-order chi connectivity index (χ0) is 20.8. The van der Waals surface area contributed by atoms with Gasteiger partial charge in [0.1, 0.15) is 18.0 Å². The normalized spacial score (nSPS) is 21.5. The van der Waals surface area contributed by atoms with Crippen LogP contribution >= 0.6 is 11.6 Å². The summed E-state index contributed by atoms with van der Waals surface area (Å²) in [5, 5.41) is 14.9. The monoisotopic (exact) mass is 421 g/mol. The fourth-order valence-electron chi connectivity index (χ4n) is 3.67. The molecule has 0 spiro atoms. The summed E-state index contributed by atoms with van der Waals surface area (Å²) in [4.78, 5) is 0. The number of benzene rings is 2.